The van der Waals surface area contributed by atoms with Gasteiger partial charge in [-0.2, -0.15) is 5.26 Å². The molecule has 7 nitrogen and oxygen atoms in total. The number of thiophene rings is 1. The van der Waals surface area contributed by atoms with Crippen LogP contribution in [0, 0.1) is 11.3 Å². The maximum absolute atomic E-state index is 12.6. The Morgan fingerprint density at radius 1 is 1.37 bits per heavy atom. The van der Waals surface area contributed by atoms with Crippen LogP contribution in [0.5, 0.6) is 0 Å². The largest absolute Gasteiger partial charge is 0.444 e. The highest BCUT2D eigenvalue weighted by atomic mass is 32.2. The predicted molar refractivity (Wildman–Crippen MR) is 105 cm³/mol. The minimum Gasteiger partial charge on any atom is -0.444 e. The van der Waals surface area contributed by atoms with Crippen LogP contribution in [0.3, 0.4) is 0 Å². The van der Waals surface area contributed by atoms with Crippen molar-refractivity contribution in [3.8, 4) is 6.07 Å². The number of nitrogens with two attached hydrogens (primary N) is 2. The molecule has 4 N–H and O–H groups in total. The number of nitrogen functional groups attached to an aromatic ring is 1. The van der Waals surface area contributed by atoms with Gasteiger partial charge in [0.1, 0.15) is 17.4 Å². The molecule has 2 aromatic heterocycles. The number of hydrogen-bond donors (Lipinski definition) is 2. The van der Waals surface area contributed by atoms with Crippen molar-refractivity contribution in [1.82, 2.24) is 10.2 Å². The molecule has 2 aromatic rings. The highest BCUT2D eigenvalue weighted by Crippen LogP contribution is 2.45. The Balaban J connectivity index is 1.63. The molecule has 0 fully saturated rings. The van der Waals surface area contributed by atoms with E-state index in [1.807, 2.05) is 11.4 Å². The summed E-state index contributed by atoms with van der Waals surface area (Å²) in [7, 11) is 0. The highest BCUT2D eigenvalue weighted by molar-refractivity contribution is 8.00. The zero-order chi connectivity index (χ0) is 19.0. The van der Waals surface area contributed by atoms with E-state index in [1.54, 1.807) is 11.8 Å². The third kappa shape index (κ3) is 3.45. The molecule has 3 heterocycles. The highest BCUT2D eigenvalue weighted by Gasteiger charge is 2.38. The Kier molecular flexibility index (Phi) is 4.90. The van der Waals surface area contributed by atoms with Gasteiger partial charge < -0.3 is 16.2 Å². The van der Waals surface area contributed by atoms with Crippen LogP contribution in [0.4, 0.5) is 5.13 Å². The minimum absolute atomic E-state index is 0.0372. The van der Waals surface area contributed by atoms with Gasteiger partial charge in [-0.05, 0) is 23.4 Å². The number of nitriles is 1. The van der Waals surface area contributed by atoms with Crippen molar-refractivity contribution >= 4 is 45.4 Å². The number of allylic oxidation sites excluding steroid dienone is 3. The summed E-state index contributed by atoms with van der Waals surface area (Å²) >= 11 is 4.42. The van der Waals surface area contributed by atoms with Gasteiger partial charge in [0.15, 0.2) is 10.1 Å². The number of nitrogens with zero attached hydrogens (tertiary/aromatic N) is 3. The average molecular weight is 418 g/mol. The number of carbonyl (C=O) groups excluding carboxylic acids is 1. The van der Waals surface area contributed by atoms with Crippen LogP contribution >= 0.6 is 34.4 Å². The molecule has 0 amide bonds. The fourth-order valence-electron chi connectivity index (χ4n) is 3.19. The van der Waals surface area contributed by atoms with Crippen LogP contribution in [0.2, 0.25) is 0 Å². The van der Waals surface area contributed by atoms with E-state index in [-0.39, 0.29) is 11.7 Å². The maximum atomic E-state index is 12.6. The van der Waals surface area contributed by atoms with Gasteiger partial charge in [-0.15, -0.1) is 21.5 Å². The molecule has 0 saturated heterocycles. The summed E-state index contributed by atoms with van der Waals surface area (Å²) in [6, 6.07) is 4.16. The molecule has 0 radical (unpaired) electrons. The van der Waals surface area contributed by atoms with E-state index in [9.17, 15) is 10.1 Å². The monoisotopic (exact) mass is 417 g/mol. The molecule has 0 bridgehead atoms. The van der Waals surface area contributed by atoms with Crippen molar-refractivity contribution < 1.29 is 9.53 Å². The average Bonchev–Trinajstić information content (AvgIpc) is 3.28. The van der Waals surface area contributed by atoms with E-state index in [4.69, 9.17) is 16.2 Å². The lowest BCUT2D eigenvalue weighted by atomic mass is 9.80. The first-order valence-electron chi connectivity index (χ1n) is 8.19. The molecule has 27 heavy (non-hydrogen) atoms. The van der Waals surface area contributed by atoms with Gasteiger partial charge in [0, 0.05) is 29.0 Å². The van der Waals surface area contributed by atoms with Gasteiger partial charge in [-0.3, -0.25) is 4.79 Å². The molecule has 10 heteroatoms. The summed E-state index contributed by atoms with van der Waals surface area (Å²) in [5, 5.41) is 19.9. The van der Waals surface area contributed by atoms with E-state index >= 15 is 0 Å². The summed E-state index contributed by atoms with van der Waals surface area (Å²) in [6.45, 7) is 0. The molecule has 0 spiro atoms. The third-order valence-corrected chi connectivity index (χ3v) is 7.35. The number of anilines is 1. The SMILES string of the molecule is N#CC1=C(N)OC2=C(C(=O)CCC2)[C@@H]1c1cc(CSc2nnc(N)s2)cs1. The molecule has 0 aromatic carbocycles. The Morgan fingerprint density at radius 2 is 2.22 bits per heavy atom. The Labute approximate surface area is 167 Å². The minimum atomic E-state index is -0.438. The van der Waals surface area contributed by atoms with Crippen molar-refractivity contribution in [2.45, 2.75) is 35.3 Å². The normalized spacial score (nSPS) is 19.7. The third-order valence-electron chi connectivity index (χ3n) is 4.35. The molecule has 138 valence electrons. The van der Waals surface area contributed by atoms with Crippen molar-refractivity contribution in [2.75, 3.05) is 5.73 Å². The molecular weight excluding hydrogens is 402 g/mol. The second kappa shape index (κ2) is 7.34. The second-order valence-electron chi connectivity index (χ2n) is 6.09. The summed E-state index contributed by atoms with van der Waals surface area (Å²) in [5.41, 5.74) is 13.6. The van der Waals surface area contributed by atoms with Crippen molar-refractivity contribution in [1.29, 1.82) is 5.26 Å². The quantitative estimate of drug-likeness (QED) is 0.725. The number of hydrogen-bond acceptors (Lipinski definition) is 10. The van der Waals surface area contributed by atoms with Crippen LogP contribution in [-0.2, 0) is 15.3 Å². The van der Waals surface area contributed by atoms with Crippen LogP contribution < -0.4 is 11.5 Å². The lowest BCUT2D eigenvalue weighted by molar-refractivity contribution is -0.116. The molecule has 4 rings (SSSR count). The number of Topliss-reactive ketones (excluding diaryl/α,β-unsaturated/α-hetero) is 1. The first-order chi connectivity index (χ1) is 13.1. The number of thioether (sulfide) groups is 1. The topological polar surface area (TPSA) is 128 Å². The fourth-order valence-corrected chi connectivity index (χ4v) is 5.89. The lowest BCUT2D eigenvalue weighted by Crippen LogP contribution is -2.27. The van der Waals surface area contributed by atoms with E-state index in [2.05, 4.69) is 16.3 Å². The molecule has 1 aliphatic heterocycles. The first kappa shape index (κ1) is 18.0. The van der Waals surface area contributed by atoms with Gasteiger partial charge in [0.05, 0.1) is 5.92 Å². The second-order valence-corrected chi connectivity index (χ2v) is 9.26. The van der Waals surface area contributed by atoms with Crippen LogP contribution in [0.1, 0.15) is 35.6 Å². The maximum Gasteiger partial charge on any atom is 0.205 e. The Morgan fingerprint density at radius 3 is 2.96 bits per heavy atom. The van der Waals surface area contributed by atoms with Gasteiger partial charge in [0.2, 0.25) is 11.0 Å². The molecule has 0 saturated carbocycles. The van der Waals surface area contributed by atoms with Crippen molar-refractivity contribution in [2.24, 2.45) is 5.73 Å². The molecule has 1 atom stereocenters. The standard InChI is InChI=1S/C17H15N5O2S3/c18-5-9-13(14-10(23)2-1-3-11(14)24-15(9)19)12-4-8(6-25-12)7-26-17-22-21-16(20)27-17/h4,6,13H,1-3,7,19H2,(H2,20,21)/t13-/m0/s1. The Hall–Kier alpha value is -2.35. The van der Waals surface area contributed by atoms with Gasteiger partial charge >= 0.3 is 0 Å². The van der Waals surface area contributed by atoms with E-state index < -0.39 is 5.92 Å². The van der Waals surface area contributed by atoms with E-state index in [0.717, 1.165) is 21.2 Å². The number of rotatable bonds is 4. The number of ether oxygens (including phenoxy) is 1. The van der Waals surface area contributed by atoms with Crippen LogP contribution in [0.15, 0.2) is 38.6 Å². The first-order valence-corrected chi connectivity index (χ1v) is 10.9. The predicted octanol–water partition coefficient (Wildman–Crippen LogP) is 3.29. The number of aromatic nitrogens is 2. The zero-order valence-electron chi connectivity index (χ0n) is 14.1. The summed E-state index contributed by atoms with van der Waals surface area (Å²) < 4.78 is 6.41. The van der Waals surface area contributed by atoms with Crippen molar-refractivity contribution in [3.05, 3.63) is 44.7 Å². The number of ketones is 1. The smallest absolute Gasteiger partial charge is 0.205 e. The van der Waals surface area contributed by atoms with Crippen molar-refractivity contribution in [3.63, 3.8) is 0 Å². The van der Waals surface area contributed by atoms with Gasteiger partial charge in [-0.1, -0.05) is 23.1 Å². The Bertz CT molecular complexity index is 1010. The van der Waals surface area contributed by atoms with Crippen LogP contribution in [-0.4, -0.2) is 16.0 Å². The van der Waals surface area contributed by atoms with Crippen LogP contribution in [0.25, 0.3) is 0 Å². The molecule has 2 aliphatic rings. The summed E-state index contributed by atoms with van der Waals surface area (Å²) in [6.07, 6.45) is 1.89. The van der Waals surface area contributed by atoms with Gasteiger partial charge in [0.25, 0.3) is 0 Å². The molecule has 0 unspecified atom stereocenters. The summed E-state index contributed by atoms with van der Waals surface area (Å²) in [4.78, 5) is 13.5. The fraction of sp³-hybridized carbons (Fsp3) is 0.294. The molecular formula is C17H15N5O2S3. The number of carbonyl (C=O) groups is 1. The molecule has 1 aliphatic carbocycles. The lowest BCUT2D eigenvalue weighted by Gasteiger charge is -2.30. The van der Waals surface area contributed by atoms with E-state index in [0.29, 0.717) is 40.6 Å². The zero-order valence-corrected chi connectivity index (χ0v) is 16.5. The van der Waals surface area contributed by atoms with E-state index in [1.165, 1.54) is 22.7 Å². The van der Waals surface area contributed by atoms with Gasteiger partial charge in [-0.25, -0.2) is 0 Å². The summed E-state index contributed by atoms with van der Waals surface area (Å²) in [5.74, 6) is 1.02.